The normalized spacial score (nSPS) is 27.4. The number of anilines is 8. The number of para-hydroxylation sites is 4. The summed E-state index contributed by atoms with van der Waals surface area (Å²) in [6.07, 6.45) is 19.2. The number of fused-ring (bicyclic) bond motifs is 12. The van der Waals surface area contributed by atoms with E-state index in [0.29, 0.717) is 0 Å². The largest absolute Gasteiger partial charge is 0.334 e. The van der Waals surface area contributed by atoms with E-state index in [4.69, 9.17) is 0 Å². The van der Waals surface area contributed by atoms with Crippen molar-refractivity contribution < 1.29 is 0 Å². The van der Waals surface area contributed by atoms with Crippen molar-refractivity contribution in [1.29, 1.82) is 0 Å². The minimum absolute atomic E-state index is 0.0790. The van der Waals surface area contributed by atoms with Gasteiger partial charge in [0.15, 0.2) is 0 Å². The van der Waals surface area contributed by atoms with Crippen LogP contribution in [-0.4, -0.2) is 22.2 Å². The molecule has 0 radical (unpaired) electrons. The first-order chi connectivity index (χ1) is 51.9. The van der Waals surface area contributed by atoms with Crippen LogP contribution >= 0.6 is 0 Å². The Morgan fingerprint density at radius 2 is 0.417 bits per heavy atom. The highest BCUT2D eigenvalue weighted by atomic mass is 15.3. The van der Waals surface area contributed by atoms with E-state index in [1.54, 1.807) is 22.3 Å². The summed E-state index contributed by atoms with van der Waals surface area (Å²) < 4.78 is 0. The summed E-state index contributed by atoms with van der Waals surface area (Å²) >= 11 is 0. The van der Waals surface area contributed by atoms with Crippen LogP contribution in [0.2, 0.25) is 0 Å². The minimum Gasteiger partial charge on any atom is -0.334 e. The monoisotopic (exact) mass is 1410 g/mol. The number of rotatable bonds is 8. The molecule has 0 amide bonds. The molecule has 4 aliphatic carbocycles. The summed E-state index contributed by atoms with van der Waals surface area (Å²) in [5.74, 6) is 0. The highest BCUT2D eigenvalue weighted by molar-refractivity contribution is 6.32. The zero-order valence-electron chi connectivity index (χ0n) is 67.4. The molecule has 108 heavy (non-hydrogen) atoms. The Kier molecular flexibility index (Phi) is 14.7. The molecule has 0 bridgehead atoms. The van der Waals surface area contributed by atoms with Crippen LogP contribution < -0.4 is 19.6 Å². The maximum Gasteiger partial charge on any atom is 0.0518 e. The third-order valence-electron chi connectivity index (χ3n) is 32.3. The fourth-order valence-electron chi connectivity index (χ4n) is 26.4. The zero-order chi connectivity index (χ0) is 74.5. The van der Waals surface area contributed by atoms with E-state index in [1.165, 1.54) is 244 Å². The zero-order valence-corrected chi connectivity index (χ0v) is 67.4. The van der Waals surface area contributed by atoms with E-state index in [1.807, 2.05) is 0 Å². The Balaban J connectivity index is 0.929. The SMILES string of the molecule is Cc1cc(-c2cc(-c3cc(C)c4c(c3C)C3(C)CCCCC3(C)N4c3ccccc3)c3ccc4c(-c5cc(C)c6c(c5C)C5(C)CCCCC5(C)N6c5ccccc5)cc(-c5cc(C)c6c(c5C)C5(C)CCCCC5(C)N6c5ccccc5)c5ccc2c3c54)c(C)c2c1N(c1ccccc1)C1(C)CCCCC21C. The summed E-state index contributed by atoms with van der Waals surface area (Å²) in [6, 6.07) is 72.3. The first-order valence-electron chi connectivity index (χ1n) is 41.7. The third-order valence-corrected chi connectivity index (χ3v) is 32.3. The van der Waals surface area contributed by atoms with Crippen LogP contribution in [0.3, 0.4) is 0 Å². The van der Waals surface area contributed by atoms with E-state index >= 15 is 0 Å². The first-order valence-corrected chi connectivity index (χ1v) is 41.7. The molecule has 8 aliphatic rings. The second-order valence-corrected chi connectivity index (χ2v) is 37.3. The van der Waals surface area contributed by atoms with Crippen molar-refractivity contribution in [2.45, 2.75) is 257 Å². The van der Waals surface area contributed by atoms with E-state index in [9.17, 15) is 0 Å². The van der Waals surface area contributed by atoms with Crippen LogP contribution in [0.15, 0.2) is 182 Å². The smallest absolute Gasteiger partial charge is 0.0518 e. The van der Waals surface area contributed by atoms with Crippen molar-refractivity contribution >= 4 is 77.8 Å². The molecule has 12 aromatic carbocycles. The molecule has 8 atom stereocenters. The topological polar surface area (TPSA) is 13.0 Å². The van der Waals surface area contributed by atoms with Gasteiger partial charge in [-0.05, 0) is 363 Å². The third kappa shape index (κ3) is 8.44. The van der Waals surface area contributed by atoms with Gasteiger partial charge in [0, 0.05) is 67.2 Å². The molecule has 4 saturated carbocycles. The first kappa shape index (κ1) is 68.2. The Labute approximate surface area is 644 Å². The number of hydrogen-bond donors (Lipinski definition) is 0. The predicted molar refractivity (Wildman–Crippen MR) is 461 cm³/mol. The van der Waals surface area contributed by atoms with Gasteiger partial charge in [0.25, 0.3) is 0 Å². The van der Waals surface area contributed by atoms with Crippen LogP contribution in [0, 0.1) is 55.4 Å². The molecular weight excluding hydrogens is 1310 g/mol. The van der Waals surface area contributed by atoms with Gasteiger partial charge in [0.2, 0.25) is 0 Å². The van der Waals surface area contributed by atoms with Crippen LogP contribution in [0.1, 0.15) is 225 Å². The molecule has 4 heteroatoms. The van der Waals surface area contributed by atoms with Gasteiger partial charge in [0.05, 0.1) is 22.2 Å². The van der Waals surface area contributed by atoms with E-state index in [-0.39, 0.29) is 43.8 Å². The van der Waals surface area contributed by atoms with Crippen LogP contribution in [0.4, 0.5) is 45.5 Å². The van der Waals surface area contributed by atoms with Gasteiger partial charge < -0.3 is 19.6 Å². The maximum atomic E-state index is 2.81. The van der Waals surface area contributed by atoms with Crippen molar-refractivity contribution in [1.82, 2.24) is 0 Å². The number of benzene rings is 12. The van der Waals surface area contributed by atoms with E-state index < -0.39 is 0 Å². The lowest BCUT2D eigenvalue weighted by atomic mass is 9.60. The van der Waals surface area contributed by atoms with Gasteiger partial charge in [-0.25, -0.2) is 0 Å². The fourth-order valence-corrected chi connectivity index (χ4v) is 26.4. The molecule has 4 fully saturated rings. The van der Waals surface area contributed by atoms with Crippen LogP contribution in [0.25, 0.3) is 76.8 Å². The second kappa shape index (κ2) is 23.2. The Hall–Kier alpha value is -9.12. The van der Waals surface area contributed by atoms with Crippen molar-refractivity contribution in [2.24, 2.45) is 0 Å². The number of aryl methyl sites for hydroxylation is 4. The van der Waals surface area contributed by atoms with Gasteiger partial charge in [0.1, 0.15) is 0 Å². The number of nitrogens with zero attached hydrogens (tertiary/aromatic N) is 4. The standard InChI is InChI=1S/C104H110N4/c1-63-57-79(67(5)89-93(63)105(71-37-21-17-22-38-71)101(13)53-33-29-49-97(89,101)9)83-61-84(80-58-64(2)94-90(68(80)6)98(10)50-30-34-54-102(98,14)106(94)72-39-23-18-24-40-72)76-47-48-78-86(82-60-66(4)96-92(70(82)8)100(12)52-32-36-56-104(100,16)108(96)74-43-27-20-28-44-74)62-85(77-46-45-75(83)87(76)88(77)78)81-59-65(3)95-91(69(81)7)99(11)51-31-35-55-103(99,15)107(95)73-41-25-19-26-42-73/h17-28,37-48,57-62H,29-36,49-56H2,1-16H3. The molecule has 0 saturated heterocycles. The lowest BCUT2D eigenvalue weighted by molar-refractivity contribution is 0.194. The lowest BCUT2D eigenvalue weighted by Gasteiger charge is -2.50. The highest BCUT2D eigenvalue weighted by Gasteiger charge is 2.63. The molecule has 0 aromatic heterocycles. The molecule has 546 valence electrons. The Bertz CT molecular complexity index is 5090. The molecule has 4 nitrogen and oxygen atoms in total. The molecule has 0 N–H and O–H groups in total. The van der Waals surface area contributed by atoms with E-state index in [0.717, 1.165) is 25.7 Å². The Morgan fingerprint density at radius 3 is 0.620 bits per heavy atom. The molecular formula is C104H110N4. The minimum atomic E-state index is -0.0953. The molecule has 4 aliphatic heterocycles. The predicted octanol–water partition coefficient (Wildman–Crippen LogP) is 28.7. The van der Waals surface area contributed by atoms with Crippen LogP contribution in [-0.2, 0) is 21.7 Å². The Morgan fingerprint density at radius 1 is 0.222 bits per heavy atom. The molecule has 20 rings (SSSR count). The molecule has 4 heterocycles. The quantitative estimate of drug-likeness (QED) is 0.141. The average molecular weight is 1420 g/mol. The number of hydrogen-bond acceptors (Lipinski definition) is 4. The fraction of sp³-hybridized carbons (Fsp3) is 0.385. The molecule has 0 spiro atoms. The van der Waals surface area contributed by atoms with Gasteiger partial charge >= 0.3 is 0 Å². The van der Waals surface area contributed by atoms with Crippen molar-refractivity contribution in [3.8, 4) is 44.5 Å². The van der Waals surface area contributed by atoms with Crippen molar-refractivity contribution in [3.05, 3.63) is 249 Å². The average Bonchev–Trinajstić information content (AvgIpc) is 1.52. The van der Waals surface area contributed by atoms with Crippen molar-refractivity contribution in [3.63, 3.8) is 0 Å². The van der Waals surface area contributed by atoms with Gasteiger partial charge in [-0.1, -0.05) is 176 Å². The maximum absolute atomic E-state index is 2.81. The molecule has 8 unspecified atom stereocenters. The van der Waals surface area contributed by atoms with Gasteiger partial charge in [-0.15, -0.1) is 0 Å². The summed E-state index contributed by atoms with van der Waals surface area (Å²) in [5, 5.41) is 8.18. The summed E-state index contributed by atoms with van der Waals surface area (Å²) in [7, 11) is 0. The lowest BCUT2D eigenvalue weighted by Crippen LogP contribution is -2.54. The van der Waals surface area contributed by atoms with Crippen molar-refractivity contribution in [2.75, 3.05) is 19.6 Å². The summed E-state index contributed by atoms with van der Waals surface area (Å²) in [6.45, 7) is 41.1. The second-order valence-electron chi connectivity index (χ2n) is 37.3. The summed E-state index contributed by atoms with van der Waals surface area (Å²) in [5.41, 5.74) is 38.6. The highest BCUT2D eigenvalue weighted by Crippen LogP contribution is 2.70. The van der Waals surface area contributed by atoms with Gasteiger partial charge in [-0.3, -0.25) is 0 Å². The van der Waals surface area contributed by atoms with Crippen LogP contribution in [0.5, 0.6) is 0 Å². The molecule has 12 aromatic rings. The van der Waals surface area contributed by atoms with E-state index in [2.05, 4.69) is 312 Å². The summed E-state index contributed by atoms with van der Waals surface area (Å²) in [4.78, 5) is 11.3. The van der Waals surface area contributed by atoms with Gasteiger partial charge in [-0.2, -0.15) is 0 Å².